The molecule has 0 N–H and O–H groups in total. The number of aromatic carboxylic acids is 1. The van der Waals surface area contributed by atoms with Gasteiger partial charge in [-0.25, -0.2) is 0 Å². The van der Waals surface area contributed by atoms with Crippen molar-refractivity contribution in [1.29, 1.82) is 0 Å². The van der Waals surface area contributed by atoms with Gasteiger partial charge in [-0.3, -0.25) is 0 Å². The molecule has 3 nitrogen and oxygen atoms in total. The first-order valence-corrected chi connectivity index (χ1v) is 2.89. The van der Waals surface area contributed by atoms with Gasteiger partial charge in [0, 0.05) is 5.56 Å². The molecule has 0 radical (unpaired) electrons. The number of carboxylic acid groups (broad SMARTS) is 1. The normalized spacial score (nSPS) is 8.91. The predicted octanol–water partition coefficient (Wildman–Crippen LogP) is -2.74. The Morgan fingerprint density at radius 2 is 2.09 bits per heavy atom. The number of carbonyl (C=O) groups excluding carboxylic acids is 1. The van der Waals surface area contributed by atoms with Gasteiger partial charge in [0.1, 0.15) is 11.5 Å². The first-order valence-electron chi connectivity index (χ1n) is 2.89. The second kappa shape index (κ2) is 3.66. The molecular formula is C7H7LiO3. The quantitative estimate of drug-likeness (QED) is 0.404. The summed E-state index contributed by atoms with van der Waals surface area (Å²) in [5.41, 5.74) is 0.137. The standard InChI is InChI=1S/C7H8O3.Li/c1-4-3-6(7(8)9)5(2)10-4;/h3H,1-2H3,(H,8,9);/q;+1/p-1. The molecule has 0 aliphatic heterocycles. The number of carbonyl (C=O) groups is 1. The molecule has 0 spiro atoms. The fourth-order valence-electron chi connectivity index (χ4n) is 0.833. The number of hydrogen-bond donors (Lipinski definition) is 0. The Morgan fingerprint density at radius 1 is 1.55 bits per heavy atom. The van der Waals surface area contributed by atoms with E-state index in [9.17, 15) is 9.90 Å². The van der Waals surface area contributed by atoms with Gasteiger partial charge in [0.2, 0.25) is 0 Å². The van der Waals surface area contributed by atoms with E-state index in [1.807, 2.05) is 0 Å². The van der Waals surface area contributed by atoms with E-state index in [1.165, 1.54) is 6.07 Å². The summed E-state index contributed by atoms with van der Waals surface area (Å²) >= 11 is 0. The van der Waals surface area contributed by atoms with Crippen molar-refractivity contribution in [2.45, 2.75) is 13.8 Å². The minimum atomic E-state index is -1.19. The van der Waals surface area contributed by atoms with Crippen molar-refractivity contribution in [2.24, 2.45) is 0 Å². The van der Waals surface area contributed by atoms with Crippen molar-refractivity contribution in [3.8, 4) is 0 Å². The van der Waals surface area contributed by atoms with E-state index in [2.05, 4.69) is 0 Å². The topological polar surface area (TPSA) is 53.3 Å². The first kappa shape index (κ1) is 10.3. The van der Waals surface area contributed by atoms with Crippen LogP contribution in [0.15, 0.2) is 10.5 Å². The third kappa shape index (κ3) is 2.14. The van der Waals surface area contributed by atoms with Crippen LogP contribution in [-0.4, -0.2) is 5.97 Å². The van der Waals surface area contributed by atoms with Crippen molar-refractivity contribution < 1.29 is 33.2 Å². The van der Waals surface area contributed by atoms with Crippen LogP contribution in [0, 0.1) is 13.8 Å². The summed E-state index contributed by atoms with van der Waals surface area (Å²) in [7, 11) is 0. The number of furan rings is 1. The Morgan fingerprint density at radius 3 is 2.27 bits per heavy atom. The second-order valence-corrected chi connectivity index (χ2v) is 2.11. The third-order valence-corrected chi connectivity index (χ3v) is 1.26. The molecular weight excluding hydrogens is 139 g/mol. The van der Waals surface area contributed by atoms with E-state index in [0.717, 1.165) is 0 Å². The van der Waals surface area contributed by atoms with Gasteiger partial charge in [0.25, 0.3) is 0 Å². The van der Waals surface area contributed by atoms with Gasteiger partial charge in [-0.05, 0) is 19.9 Å². The molecule has 0 saturated carbocycles. The molecule has 0 aliphatic rings. The van der Waals surface area contributed by atoms with Crippen LogP contribution >= 0.6 is 0 Å². The molecule has 0 atom stereocenters. The van der Waals surface area contributed by atoms with Crippen molar-refractivity contribution in [3.63, 3.8) is 0 Å². The molecule has 0 saturated heterocycles. The summed E-state index contributed by atoms with van der Waals surface area (Å²) in [5, 5.41) is 10.3. The maximum absolute atomic E-state index is 10.3. The monoisotopic (exact) mass is 146 g/mol. The third-order valence-electron chi connectivity index (χ3n) is 1.26. The molecule has 11 heavy (non-hydrogen) atoms. The van der Waals surface area contributed by atoms with Gasteiger partial charge in [-0.1, -0.05) is 0 Å². The van der Waals surface area contributed by atoms with Crippen LogP contribution in [0.3, 0.4) is 0 Å². The number of hydrogen-bond acceptors (Lipinski definition) is 3. The van der Waals surface area contributed by atoms with E-state index in [0.29, 0.717) is 11.5 Å². The zero-order valence-corrected chi connectivity index (χ0v) is 6.80. The summed E-state index contributed by atoms with van der Waals surface area (Å²) in [6.07, 6.45) is 0. The zero-order valence-electron chi connectivity index (χ0n) is 6.80. The summed E-state index contributed by atoms with van der Waals surface area (Å²) in [6.45, 7) is 3.29. The van der Waals surface area contributed by atoms with E-state index in [1.54, 1.807) is 13.8 Å². The van der Waals surface area contributed by atoms with Crippen molar-refractivity contribution in [3.05, 3.63) is 23.2 Å². The average Bonchev–Trinajstić information content (AvgIpc) is 2.10. The van der Waals surface area contributed by atoms with E-state index >= 15 is 0 Å². The maximum atomic E-state index is 10.3. The van der Waals surface area contributed by atoms with Crippen molar-refractivity contribution in [2.75, 3.05) is 0 Å². The summed E-state index contributed by atoms with van der Waals surface area (Å²) < 4.78 is 4.95. The molecule has 4 heteroatoms. The maximum Gasteiger partial charge on any atom is 1.00 e. The van der Waals surface area contributed by atoms with Crippen molar-refractivity contribution in [1.82, 2.24) is 0 Å². The van der Waals surface area contributed by atoms with Gasteiger partial charge in [0.05, 0.1) is 5.97 Å². The second-order valence-electron chi connectivity index (χ2n) is 2.11. The van der Waals surface area contributed by atoms with Crippen LogP contribution in [0.4, 0.5) is 0 Å². The van der Waals surface area contributed by atoms with Gasteiger partial charge in [-0.2, -0.15) is 0 Å². The fraction of sp³-hybridized carbons (Fsp3) is 0.286. The Balaban J connectivity index is 0.000001000. The van der Waals surface area contributed by atoms with Gasteiger partial charge in [-0.15, -0.1) is 0 Å². The molecule has 0 aliphatic carbocycles. The number of aryl methyl sites for hydroxylation is 2. The number of carboxylic acids is 1. The van der Waals surface area contributed by atoms with Gasteiger partial charge in [0.15, 0.2) is 0 Å². The largest absolute Gasteiger partial charge is 1.00 e. The predicted molar refractivity (Wildman–Crippen MR) is 32.5 cm³/mol. The van der Waals surface area contributed by atoms with Crippen LogP contribution in [0.1, 0.15) is 21.9 Å². The van der Waals surface area contributed by atoms with Crippen LogP contribution in [0.25, 0.3) is 0 Å². The molecule has 0 amide bonds. The Labute approximate surface area is 76.6 Å². The molecule has 1 heterocycles. The molecule has 1 aromatic rings. The molecule has 54 valence electrons. The smallest absolute Gasteiger partial charge is 0.545 e. The summed E-state index contributed by atoms with van der Waals surface area (Å²) in [4.78, 5) is 10.3. The Kier molecular flexibility index (Phi) is 3.44. The molecule has 1 aromatic heterocycles. The molecule has 0 fully saturated rings. The van der Waals surface area contributed by atoms with Crippen LogP contribution in [-0.2, 0) is 0 Å². The Bertz CT molecular complexity index is 265. The fourth-order valence-corrected chi connectivity index (χ4v) is 0.833. The number of rotatable bonds is 1. The zero-order chi connectivity index (χ0) is 7.72. The van der Waals surface area contributed by atoms with Gasteiger partial charge < -0.3 is 14.3 Å². The minimum absolute atomic E-state index is 0. The molecule has 1 rings (SSSR count). The summed E-state index contributed by atoms with van der Waals surface area (Å²) in [6, 6.07) is 1.45. The summed E-state index contributed by atoms with van der Waals surface area (Å²) in [5.74, 6) is -0.191. The van der Waals surface area contributed by atoms with E-state index in [-0.39, 0.29) is 24.4 Å². The van der Waals surface area contributed by atoms with Crippen LogP contribution in [0.2, 0.25) is 0 Å². The van der Waals surface area contributed by atoms with Crippen LogP contribution in [0.5, 0.6) is 0 Å². The first-order chi connectivity index (χ1) is 4.61. The van der Waals surface area contributed by atoms with Crippen LogP contribution < -0.4 is 24.0 Å². The molecule has 0 bridgehead atoms. The SMILES string of the molecule is Cc1cc(C(=O)[O-])c(C)o1.[Li+]. The van der Waals surface area contributed by atoms with Crippen molar-refractivity contribution >= 4 is 5.97 Å². The Hall–Kier alpha value is -0.653. The van der Waals surface area contributed by atoms with Gasteiger partial charge >= 0.3 is 18.9 Å². The minimum Gasteiger partial charge on any atom is -0.545 e. The van der Waals surface area contributed by atoms with E-state index < -0.39 is 5.97 Å². The molecule has 0 unspecified atom stereocenters. The van der Waals surface area contributed by atoms with E-state index in [4.69, 9.17) is 4.42 Å². The average molecular weight is 146 g/mol. The molecule has 0 aromatic carbocycles.